The number of nitrogens with one attached hydrogen (secondary N) is 1. The molecule has 1 aromatic rings. The highest BCUT2D eigenvalue weighted by Crippen LogP contribution is 2.39. The smallest absolute Gasteiger partial charge is 0.165 e. The first-order chi connectivity index (χ1) is 8.34. The molecule has 1 aromatic carbocycles. The fraction of sp³-hybridized carbons (Fsp3) is 0.538. The number of fused-ring (bicyclic) bond motifs is 1. The van der Waals surface area contributed by atoms with Gasteiger partial charge in [0.05, 0.1) is 0 Å². The molecule has 1 saturated heterocycles. The largest absolute Gasteiger partial charge is 0.486 e. The minimum Gasteiger partial charge on any atom is -0.486 e. The number of hydrogen-bond acceptors (Lipinski definition) is 3. The Labute approximate surface area is 110 Å². The molecule has 0 aliphatic carbocycles. The third-order valence-corrected chi connectivity index (χ3v) is 4.15. The van der Waals surface area contributed by atoms with E-state index in [1.807, 2.05) is 6.07 Å². The molecule has 0 saturated carbocycles. The molecule has 0 bridgehead atoms. The summed E-state index contributed by atoms with van der Waals surface area (Å²) in [4.78, 5) is 0. The molecule has 0 aromatic heterocycles. The molecule has 1 fully saturated rings. The van der Waals surface area contributed by atoms with Crippen molar-refractivity contribution in [3.63, 3.8) is 0 Å². The van der Waals surface area contributed by atoms with Crippen LogP contribution in [0.2, 0.25) is 0 Å². The lowest BCUT2D eigenvalue weighted by molar-refractivity contribution is 0.169. The molecule has 0 radical (unpaired) electrons. The second-order valence-electron chi connectivity index (χ2n) is 4.61. The molecule has 2 aliphatic rings. The number of halogens is 1. The molecule has 17 heavy (non-hydrogen) atoms. The van der Waals surface area contributed by atoms with Crippen LogP contribution in [0.1, 0.15) is 12.0 Å². The van der Waals surface area contributed by atoms with Gasteiger partial charge >= 0.3 is 0 Å². The van der Waals surface area contributed by atoms with Crippen LogP contribution in [0.25, 0.3) is 0 Å². The topological polar surface area (TPSA) is 30.5 Å². The standard InChI is InChI=1S/C13H16BrNO2/c14-11-1-2-12-13(17-6-5-16-12)10(11)7-9-3-4-15-8-9/h1-2,9,15H,3-8H2. The fourth-order valence-electron chi connectivity index (χ4n) is 2.52. The van der Waals surface area contributed by atoms with E-state index in [0.717, 1.165) is 35.5 Å². The third-order valence-electron chi connectivity index (χ3n) is 3.41. The SMILES string of the molecule is Brc1ccc2c(c1CC1CCNC1)OCCO2. The van der Waals surface area contributed by atoms with E-state index in [1.165, 1.54) is 12.0 Å². The van der Waals surface area contributed by atoms with Crippen LogP contribution in [0.15, 0.2) is 16.6 Å². The summed E-state index contributed by atoms with van der Waals surface area (Å²) in [5.74, 6) is 2.54. The van der Waals surface area contributed by atoms with Gasteiger partial charge in [0.2, 0.25) is 0 Å². The second-order valence-corrected chi connectivity index (χ2v) is 5.47. The monoisotopic (exact) mass is 297 g/mol. The van der Waals surface area contributed by atoms with Crippen LogP contribution in [0.4, 0.5) is 0 Å². The van der Waals surface area contributed by atoms with Gasteiger partial charge in [-0.05, 0) is 44.0 Å². The predicted octanol–water partition coefficient (Wildman–Crippen LogP) is 2.37. The lowest BCUT2D eigenvalue weighted by Gasteiger charge is -2.23. The Morgan fingerprint density at radius 3 is 3.00 bits per heavy atom. The summed E-state index contributed by atoms with van der Waals surface area (Å²) < 4.78 is 12.5. The minimum atomic E-state index is 0.652. The maximum Gasteiger partial charge on any atom is 0.165 e. The Bertz CT molecular complexity index is 416. The summed E-state index contributed by atoms with van der Waals surface area (Å²) >= 11 is 3.63. The second kappa shape index (κ2) is 4.86. The van der Waals surface area contributed by atoms with Crippen molar-refractivity contribution in [1.29, 1.82) is 0 Å². The first-order valence-corrected chi connectivity index (χ1v) is 6.91. The average Bonchev–Trinajstić information content (AvgIpc) is 2.86. The van der Waals surface area contributed by atoms with Gasteiger partial charge in [-0.25, -0.2) is 0 Å². The molecule has 1 atom stereocenters. The Kier molecular flexibility index (Phi) is 3.25. The van der Waals surface area contributed by atoms with Crippen molar-refractivity contribution in [2.24, 2.45) is 5.92 Å². The molecule has 2 heterocycles. The van der Waals surface area contributed by atoms with Crippen LogP contribution in [0.3, 0.4) is 0 Å². The quantitative estimate of drug-likeness (QED) is 0.909. The lowest BCUT2D eigenvalue weighted by atomic mass is 9.97. The molecular formula is C13H16BrNO2. The van der Waals surface area contributed by atoms with E-state index in [1.54, 1.807) is 0 Å². The molecule has 1 N–H and O–H groups in total. The first kappa shape index (κ1) is 11.4. The van der Waals surface area contributed by atoms with Gasteiger partial charge in [0.1, 0.15) is 13.2 Å². The summed E-state index contributed by atoms with van der Waals surface area (Å²) in [7, 11) is 0. The van der Waals surface area contributed by atoms with Gasteiger partial charge in [0.25, 0.3) is 0 Å². The van der Waals surface area contributed by atoms with Crippen LogP contribution in [-0.2, 0) is 6.42 Å². The maximum atomic E-state index is 5.77. The van der Waals surface area contributed by atoms with Gasteiger partial charge in [-0.1, -0.05) is 15.9 Å². The molecule has 2 aliphatic heterocycles. The highest BCUT2D eigenvalue weighted by atomic mass is 79.9. The molecule has 0 amide bonds. The third kappa shape index (κ3) is 2.29. The van der Waals surface area contributed by atoms with Gasteiger partial charge in [-0.2, -0.15) is 0 Å². The summed E-state index contributed by atoms with van der Waals surface area (Å²) in [6.45, 7) is 3.55. The zero-order valence-corrected chi connectivity index (χ0v) is 11.3. The van der Waals surface area contributed by atoms with Crippen LogP contribution in [0, 0.1) is 5.92 Å². The molecule has 1 unspecified atom stereocenters. The van der Waals surface area contributed by atoms with Gasteiger partial charge in [0.15, 0.2) is 11.5 Å². The normalized spacial score (nSPS) is 22.8. The van der Waals surface area contributed by atoms with Gasteiger partial charge in [-0.15, -0.1) is 0 Å². The van der Waals surface area contributed by atoms with Gasteiger partial charge in [-0.3, -0.25) is 0 Å². The summed E-state index contributed by atoms with van der Waals surface area (Å²) in [6.07, 6.45) is 2.30. The highest BCUT2D eigenvalue weighted by molar-refractivity contribution is 9.10. The Hall–Kier alpha value is -0.740. The maximum absolute atomic E-state index is 5.77. The molecule has 92 valence electrons. The minimum absolute atomic E-state index is 0.652. The van der Waals surface area contributed by atoms with Crippen LogP contribution >= 0.6 is 15.9 Å². The van der Waals surface area contributed by atoms with Gasteiger partial charge in [0, 0.05) is 10.0 Å². The fourth-order valence-corrected chi connectivity index (χ4v) is 2.99. The van der Waals surface area contributed by atoms with Crippen molar-refractivity contribution in [2.75, 3.05) is 26.3 Å². The van der Waals surface area contributed by atoms with E-state index in [2.05, 4.69) is 27.3 Å². The molecule has 3 nitrogen and oxygen atoms in total. The molecule has 4 heteroatoms. The van der Waals surface area contributed by atoms with Crippen molar-refractivity contribution in [3.8, 4) is 11.5 Å². The van der Waals surface area contributed by atoms with Crippen molar-refractivity contribution in [2.45, 2.75) is 12.8 Å². The lowest BCUT2D eigenvalue weighted by Crippen LogP contribution is -2.18. The predicted molar refractivity (Wildman–Crippen MR) is 69.8 cm³/mol. The average molecular weight is 298 g/mol. The number of benzene rings is 1. The van der Waals surface area contributed by atoms with E-state index in [4.69, 9.17) is 9.47 Å². The van der Waals surface area contributed by atoms with Crippen LogP contribution in [0.5, 0.6) is 11.5 Å². The van der Waals surface area contributed by atoms with Crippen molar-refractivity contribution >= 4 is 15.9 Å². The zero-order chi connectivity index (χ0) is 11.7. The molecular weight excluding hydrogens is 282 g/mol. The summed E-state index contributed by atoms with van der Waals surface area (Å²) in [6, 6.07) is 4.04. The number of hydrogen-bond donors (Lipinski definition) is 1. The zero-order valence-electron chi connectivity index (χ0n) is 9.67. The Balaban J connectivity index is 1.90. The summed E-state index contributed by atoms with van der Waals surface area (Å²) in [5.41, 5.74) is 1.26. The number of rotatable bonds is 2. The Morgan fingerprint density at radius 1 is 1.29 bits per heavy atom. The number of ether oxygens (including phenoxy) is 2. The van der Waals surface area contributed by atoms with Gasteiger partial charge < -0.3 is 14.8 Å². The highest BCUT2D eigenvalue weighted by Gasteiger charge is 2.23. The summed E-state index contributed by atoms with van der Waals surface area (Å²) in [5, 5.41) is 3.40. The van der Waals surface area contributed by atoms with E-state index in [9.17, 15) is 0 Å². The first-order valence-electron chi connectivity index (χ1n) is 6.12. The van der Waals surface area contributed by atoms with Crippen LogP contribution in [-0.4, -0.2) is 26.3 Å². The van der Waals surface area contributed by atoms with E-state index < -0.39 is 0 Å². The Morgan fingerprint density at radius 2 is 2.18 bits per heavy atom. The van der Waals surface area contributed by atoms with Crippen molar-refractivity contribution in [1.82, 2.24) is 5.32 Å². The van der Waals surface area contributed by atoms with E-state index in [-0.39, 0.29) is 0 Å². The van der Waals surface area contributed by atoms with Crippen LogP contribution < -0.4 is 14.8 Å². The van der Waals surface area contributed by atoms with E-state index >= 15 is 0 Å². The van der Waals surface area contributed by atoms with Crippen molar-refractivity contribution < 1.29 is 9.47 Å². The molecule has 0 spiro atoms. The molecule has 3 rings (SSSR count). The van der Waals surface area contributed by atoms with Crippen molar-refractivity contribution in [3.05, 3.63) is 22.2 Å². The van der Waals surface area contributed by atoms with E-state index in [0.29, 0.717) is 19.1 Å².